The lowest BCUT2D eigenvalue weighted by Gasteiger charge is -2.39. The lowest BCUT2D eigenvalue weighted by atomic mass is 9.77. The highest BCUT2D eigenvalue weighted by Crippen LogP contribution is 2.29. The summed E-state index contributed by atoms with van der Waals surface area (Å²) < 4.78 is 1.66. The van der Waals surface area contributed by atoms with E-state index in [-0.39, 0.29) is 23.7 Å². The monoisotopic (exact) mass is 323 g/mol. The Bertz CT molecular complexity index is 654. The molecule has 1 aliphatic rings. The van der Waals surface area contributed by atoms with E-state index in [1.807, 2.05) is 0 Å². The normalized spacial score (nSPS) is 20.4. The van der Waals surface area contributed by atoms with Gasteiger partial charge in [-0.2, -0.15) is 5.10 Å². The zero-order valence-corrected chi connectivity index (χ0v) is 13.7. The number of piperidine rings is 1. The summed E-state index contributed by atoms with van der Waals surface area (Å²) in [6.45, 7) is 6.14. The fraction of sp³-hybridized carbons (Fsp3) is 0.533. The van der Waals surface area contributed by atoms with Crippen LogP contribution in [0.5, 0.6) is 0 Å². The summed E-state index contributed by atoms with van der Waals surface area (Å²) in [5.74, 6) is -0.0961. The minimum atomic E-state index is -0.0961. The van der Waals surface area contributed by atoms with E-state index in [9.17, 15) is 4.79 Å². The molecule has 1 aliphatic heterocycles. The van der Waals surface area contributed by atoms with Gasteiger partial charge in [0.25, 0.3) is 5.91 Å². The molecule has 120 valence electrons. The van der Waals surface area contributed by atoms with Crippen LogP contribution < -0.4 is 10.6 Å². The quantitative estimate of drug-likeness (QED) is 0.901. The molecule has 2 N–H and O–H groups in total. The Kier molecular flexibility index (Phi) is 5.03. The van der Waals surface area contributed by atoms with Gasteiger partial charge in [0, 0.05) is 25.0 Å². The van der Waals surface area contributed by atoms with Crippen molar-refractivity contribution in [2.24, 2.45) is 5.41 Å². The van der Waals surface area contributed by atoms with Crippen molar-refractivity contribution in [1.82, 2.24) is 25.2 Å². The third-order valence-electron chi connectivity index (χ3n) is 4.37. The van der Waals surface area contributed by atoms with E-state index in [0.717, 1.165) is 12.1 Å². The molecule has 0 saturated carbocycles. The topological polar surface area (TPSA) is 71.3 Å². The highest BCUT2D eigenvalue weighted by molar-refractivity contribution is 6.00. The first kappa shape index (κ1) is 16.7. The third kappa shape index (κ3) is 3.23. The summed E-state index contributed by atoms with van der Waals surface area (Å²) in [4.78, 5) is 16.4. The average Bonchev–Trinajstić information content (AvgIpc) is 2.89. The van der Waals surface area contributed by atoms with Gasteiger partial charge in [-0.3, -0.25) is 9.78 Å². The van der Waals surface area contributed by atoms with Gasteiger partial charge in [-0.1, -0.05) is 13.8 Å². The zero-order chi connectivity index (χ0) is 14.9. The zero-order valence-electron chi connectivity index (χ0n) is 12.9. The number of aromatic nitrogens is 3. The molecular weight excluding hydrogens is 302 g/mol. The molecule has 0 bridgehead atoms. The summed E-state index contributed by atoms with van der Waals surface area (Å²) in [5, 5.41) is 10.7. The fourth-order valence-electron chi connectivity index (χ4n) is 2.92. The molecule has 22 heavy (non-hydrogen) atoms. The molecule has 0 aliphatic carbocycles. The third-order valence-corrected chi connectivity index (χ3v) is 4.37. The number of carbonyl (C=O) groups is 1. The number of amides is 1. The predicted molar refractivity (Wildman–Crippen MR) is 87.4 cm³/mol. The molecule has 3 heterocycles. The van der Waals surface area contributed by atoms with Gasteiger partial charge in [-0.05, 0) is 24.8 Å². The lowest BCUT2D eigenvalue weighted by molar-refractivity contribution is 0.0930. The largest absolute Gasteiger partial charge is 0.350 e. The second kappa shape index (κ2) is 6.62. The van der Waals surface area contributed by atoms with E-state index >= 15 is 0 Å². The molecule has 1 atom stereocenters. The number of hydrogen-bond acceptors (Lipinski definition) is 4. The molecule has 1 saturated heterocycles. The van der Waals surface area contributed by atoms with Gasteiger partial charge in [-0.25, -0.2) is 4.52 Å². The smallest absolute Gasteiger partial charge is 0.255 e. The van der Waals surface area contributed by atoms with Gasteiger partial charge in [0.2, 0.25) is 0 Å². The highest BCUT2D eigenvalue weighted by Gasteiger charge is 2.32. The van der Waals surface area contributed by atoms with Crippen LogP contribution in [0.3, 0.4) is 0 Å². The van der Waals surface area contributed by atoms with Gasteiger partial charge < -0.3 is 10.6 Å². The van der Waals surface area contributed by atoms with Crippen LogP contribution in [0.1, 0.15) is 37.0 Å². The summed E-state index contributed by atoms with van der Waals surface area (Å²) in [5.41, 5.74) is 1.50. The Balaban J connectivity index is 0.00000176. The first-order valence-corrected chi connectivity index (χ1v) is 7.37. The van der Waals surface area contributed by atoms with Gasteiger partial charge in [0.1, 0.15) is 0 Å². The minimum Gasteiger partial charge on any atom is -0.350 e. The van der Waals surface area contributed by atoms with Crippen molar-refractivity contribution >= 4 is 23.8 Å². The Morgan fingerprint density at radius 3 is 3.09 bits per heavy atom. The van der Waals surface area contributed by atoms with Crippen molar-refractivity contribution < 1.29 is 4.79 Å². The van der Waals surface area contributed by atoms with Crippen molar-refractivity contribution in [2.75, 3.05) is 13.1 Å². The van der Waals surface area contributed by atoms with Crippen LogP contribution in [-0.4, -0.2) is 39.6 Å². The molecule has 7 heteroatoms. The number of nitrogens with one attached hydrogen (secondary N) is 2. The number of fused-ring (bicyclic) bond motifs is 1. The molecule has 3 rings (SSSR count). The summed E-state index contributed by atoms with van der Waals surface area (Å²) in [6.07, 6.45) is 9.00. The number of nitrogens with zero attached hydrogens (tertiary/aromatic N) is 3. The van der Waals surface area contributed by atoms with E-state index in [2.05, 4.69) is 34.6 Å². The van der Waals surface area contributed by atoms with Gasteiger partial charge in [0.05, 0.1) is 23.5 Å². The van der Waals surface area contributed by atoms with Gasteiger partial charge in [0.15, 0.2) is 0 Å². The minimum absolute atomic E-state index is 0. The molecule has 0 spiro atoms. The Labute approximate surface area is 136 Å². The molecule has 1 amide bonds. The number of hydrogen-bond donors (Lipinski definition) is 2. The molecule has 0 aromatic carbocycles. The second-order valence-corrected chi connectivity index (χ2v) is 6.27. The van der Waals surface area contributed by atoms with E-state index in [1.54, 1.807) is 29.3 Å². The molecular formula is C15H22ClN5O. The van der Waals surface area contributed by atoms with Crippen molar-refractivity contribution in [3.63, 3.8) is 0 Å². The maximum Gasteiger partial charge on any atom is 0.255 e. The molecule has 6 nitrogen and oxygen atoms in total. The lowest BCUT2D eigenvalue weighted by Crippen LogP contribution is -2.52. The van der Waals surface area contributed by atoms with Gasteiger partial charge in [-0.15, -0.1) is 12.4 Å². The van der Waals surface area contributed by atoms with Crippen LogP contribution in [0, 0.1) is 5.41 Å². The average molecular weight is 324 g/mol. The molecule has 2 aromatic heterocycles. The Morgan fingerprint density at radius 2 is 2.32 bits per heavy atom. The maximum absolute atomic E-state index is 12.4. The molecule has 1 fully saturated rings. The van der Waals surface area contributed by atoms with Crippen LogP contribution in [-0.2, 0) is 0 Å². The van der Waals surface area contributed by atoms with Crippen LogP contribution in [0.15, 0.2) is 24.8 Å². The Morgan fingerprint density at radius 1 is 1.50 bits per heavy atom. The van der Waals surface area contributed by atoms with Crippen molar-refractivity contribution in [1.29, 1.82) is 0 Å². The van der Waals surface area contributed by atoms with Crippen molar-refractivity contribution in [2.45, 2.75) is 32.7 Å². The molecule has 1 unspecified atom stereocenters. The van der Waals surface area contributed by atoms with Crippen LogP contribution in [0.25, 0.3) is 5.52 Å². The van der Waals surface area contributed by atoms with Crippen LogP contribution >= 0.6 is 12.4 Å². The van der Waals surface area contributed by atoms with E-state index in [4.69, 9.17) is 0 Å². The van der Waals surface area contributed by atoms with Gasteiger partial charge >= 0.3 is 0 Å². The van der Waals surface area contributed by atoms with Crippen molar-refractivity contribution in [3.05, 3.63) is 30.4 Å². The maximum atomic E-state index is 12.4. The first-order valence-electron chi connectivity index (χ1n) is 7.37. The fourth-order valence-corrected chi connectivity index (χ4v) is 2.92. The number of rotatable bonds is 3. The summed E-state index contributed by atoms with van der Waals surface area (Å²) in [7, 11) is 0. The Hall–Kier alpha value is -1.66. The van der Waals surface area contributed by atoms with E-state index < -0.39 is 0 Å². The summed E-state index contributed by atoms with van der Waals surface area (Å²) >= 11 is 0. The summed E-state index contributed by atoms with van der Waals surface area (Å²) in [6, 6.07) is 0.301. The SMILES string of the molecule is CC1(C)CCCNC1CNC(=O)c1cnn2ccncc12.Cl. The molecule has 0 radical (unpaired) electrons. The highest BCUT2D eigenvalue weighted by atomic mass is 35.5. The van der Waals surface area contributed by atoms with E-state index in [0.29, 0.717) is 18.2 Å². The first-order chi connectivity index (χ1) is 10.1. The predicted octanol–water partition coefficient (Wildman–Crippen LogP) is 1.66. The molecule has 2 aromatic rings. The number of halogens is 1. The van der Waals surface area contributed by atoms with Crippen LogP contribution in [0.2, 0.25) is 0 Å². The van der Waals surface area contributed by atoms with Crippen molar-refractivity contribution in [3.8, 4) is 0 Å². The standard InChI is InChI=1S/C15H21N5O.ClH/c1-15(2)4-3-5-17-13(15)10-18-14(21)11-8-19-20-7-6-16-9-12(11)20;/h6-9,13,17H,3-5,10H2,1-2H3,(H,18,21);1H. The second-order valence-electron chi connectivity index (χ2n) is 6.27. The van der Waals surface area contributed by atoms with Crippen LogP contribution in [0.4, 0.5) is 0 Å². The number of carbonyl (C=O) groups excluding carboxylic acids is 1. The van der Waals surface area contributed by atoms with E-state index in [1.165, 1.54) is 12.8 Å².